The molecular weight excluding hydrogens is 398 g/mol. The quantitative estimate of drug-likeness (QED) is 0.567. The molecule has 0 aliphatic rings. The van der Waals surface area contributed by atoms with E-state index in [0.717, 1.165) is 11.1 Å². The van der Waals surface area contributed by atoms with Crippen LogP contribution in [-0.2, 0) is 27.4 Å². The molecule has 0 fully saturated rings. The van der Waals surface area contributed by atoms with E-state index in [0.29, 0.717) is 12.4 Å². The van der Waals surface area contributed by atoms with Gasteiger partial charge in [-0.2, -0.15) is 0 Å². The molecule has 4 N–H and O–H groups in total. The fraction of sp³-hybridized carbons (Fsp3) is 0.348. The normalized spacial score (nSPS) is 11.8. The van der Waals surface area contributed by atoms with E-state index in [1.165, 1.54) is 0 Å². The van der Waals surface area contributed by atoms with Crippen LogP contribution in [0.1, 0.15) is 31.9 Å². The maximum atomic E-state index is 12.1. The van der Waals surface area contributed by atoms with Crippen LogP contribution in [0.5, 0.6) is 5.75 Å². The van der Waals surface area contributed by atoms with Crippen LogP contribution in [0.15, 0.2) is 54.6 Å². The molecule has 2 aromatic carbocycles. The van der Waals surface area contributed by atoms with Gasteiger partial charge in [0.2, 0.25) is 11.8 Å². The van der Waals surface area contributed by atoms with Crippen LogP contribution in [-0.4, -0.2) is 36.1 Å². The minimum Gasteiger partial charge on any atom is -0.489 e. The van der Waals surface area contributed by atoms with Crippen LogP contribution in [0.4, 0.5) is 4.79 Å². The van der Waals surface area contributed by atoms with Gasteiger partial charge in [0.15, 0.2) is 0 Å². The maximum absolute atomic E-state index is 12.1. The van der Waals surface area contributed by atoms with Crippen LogP contribution >= 0.6 is 0 Å². The number of hydrogen-bond donors (Lipinski definition) is 3. The van der Waals surface area contributed by atoms with Crippen molar-refractivity contribution in [3.05, 3.63) is 65.7 Å². The van der Waals surface area contributed by atoms with E-state index in [1.54, 1.807) is 45.0 Å². The summed E-state index contributed by atoms with van der Waals surface area (Å²) in [5, 5.41) is 4.87. The molecule has 0 saturated carbocycles. The molecule has 8 heteroatoms. The molecule has 31 heavy (non-hydrogen) atoms. The maximum Gasteiger partial charge on any atom is 0.408 e. The van der Waals surface area contributed by atoms with E-state index < -0.39 is 29.6 Å². The zero-order valence-electron chi connectivity index (χ0n) is 18.0. The lowest BCUT2D eigenvalue weighted by Crippen LogP contribution is -2.49. The van der Waals surface area contributed by atoms with Gasteiger partial charge in [0.1, 0.15) is 30.5 Å². The van der Waals surface area contributed by atoms with Crippen molar-refractivity contribution < 1.29 is 23.9 Å². The molecule has 1 atom stereocenters. The molecule has 0 spiro atoms. The molecule has 0 bridgehead atoms. The van der Waals surface area contributed by atoms with Gasteiger partial charge in [-0.1, -0.05) is 42.5 Å². The summed E-state index contributed by atoms with van der Waals surface area (Å²) >= 11 is 0. The summed E-state index contributed by atoms with van der Waals surface area (Å²) in [5.41, 5.74) is 6.61. The van der Waals surface area contributed by atoms with Crippen LogP contribution in [0, 0.1) is 0 Å². The molecule has 0 heterocycles. The Hall–Kier alpha value is -3.55. The summed E-state index contributed by atoms with van der Waals surface area (Å²) in [5.74, 6) is -0.527. The van der Waals surface area contributed by atoms with E-state index in [1.807, 2.05) is 30.3 Å². The Bertz CT molecular complexity index is 876. The number of benzene rings is 2. The van der Waals surface area contributed by atoms with Crippen molar-refractivity contribution in [3.8, 4) is 5.75 Å². The minimum absolute atomic E-state index is 0.215. The smallest absolute Gasteiger partial charge is 0.408 e. The number of carbonyl (C=O) groups excluding carboxylic acids is 3. The Morgan fingerprint density at radius 3 is 2.19 bits per heavy atom. The molecule has 3 amide bonds. The molecule has 2 rings (SSSR count). The number of alkyl carbamates (subject to hydrolysis) is 1. The SMILES string of the molecule is CC(C)(C)OC(=O)NCC(=O)NC(Cc1ccc(OCc2ccccc2)cc1)C(N)=O. The van der Waals surface area contributed by atoms with E-state index in [2.05, 4.69) is 10.6 Å². The molecule has 166 valence electrons. The van der Waals surface area contributed by atoms with Gasteiger partial charge in [-0.3, -0.25) is 9.59 Å². The molecule has 0 radical (unpaired) electrons. The van der Waals surface area contributed by atoms with Crippen molar-refractivity contribution in [3.63, 3.8) is 0 Å². The fourth-order valence-electron chi connectivity index (χ4n) is 2.63. The fourth-order valence-corrected chi connectivity index (χ4v) is 2.63. The lowest BCUT2D eigenvalue weighted by molar-refractivity contribution is -0.126. The van der Waals surface area contributed by atoms with Gasteiger partial charge in [-0.25, -0.2) is 4.79 Å². The van der Waals surface area contributed by atoms with Crippen LogP contribution in [0.3, 0.4) is 0 Å². The number of rotatable bonds is 9. The lowest BCUT2D eigenvalue weighted by Gasteiger charge is -2.20. The van der Waals surface area contributed by atoms with Gasteiger partial charge in [0, 0.05) is 6.42 Å². The number of ether oxygens (including phenoxy) is 2. The predicted octanol–water partition coefficient (Wildman–Crippen LogP) is 2.30. The minimum atomic E-state index is -0.913. The average molecular weight is 428 g/mol. The highest BCUT2D eigenvalue weighted by Gasteiger charge is 2.20. The first-order valence-corrected chi connectivity index (χ1v) is 9.93. The molecule has 8 nitrogen and oxygen atoms in total. The largest absolute Gasteiger partial charge is 0.489 e. The Morgan fingerprint density at radius 1 is 0.968 bits per heavy atom. The van der Waals surface area contributed by atoms with Crippen molar-refractivity contribution in [2.24, 2.45) is 5.73 Å². The zero-order valence-corrected chi connectivity index (χ0v) is 18.0. The highest BCUT2D eigenvalue weighted by atomic mass is 16.6. The van der Waals surface area contributed by atoms with E-state index in [9.17, 15) is 14.4 Å². The van der Waals surface area contributed by atoms with Gasteiger partial charge in [-0.05, 0) is 44.0 Å². The van der Waals surface area contributed by atoms with Crippen molar-refractivity contribution in [1.29, 1.82) is 0 Å². The number of carbonyl (C=O) groups is 3. The molecule has 0 saturated heterocycles. The van der Waals surface area contributed by atoms with E-state index >= 15 is 0 Å². The molecule has 0 aromatic heterocycles. The number of nitrogens with two attached hydrogens (primary N) is 1. The second-order valence-corrected chi connectivity index (χ2v) is 8.00. The summed E-state index contributed by atoms with van der Waals surface area (Å²) < 4.78 is 10.8. The molecular formula is C23H29N3O5. The summed E-state index contributed by atoms with van der Waals surface area (Å²) in [6.07, 6.45) is -0.503. The predicted molar refractivity (Wildman–Crippen MR) is 116 cm³/mol. The monoisotopic (exact) mass is 427 g/mol. The Labute approximate surface area is 182 Å². The van der Waals surface area contributed by atoms with Gasteiger partial charge >= 0.3 is 6.09 Å². The first-order valence-electron chi connectivity index (χ1n) is 9.93. The number of nitrogens with one attached hydrogen (secondary N) is 2. The second-order valence-electron chi connectivity index (χ2n) is 8.00. The van der Waals surface area contributed by atoms with Gasteiger partial charge < -0.3 is 25.8 Å². The standard InChI is InChI=1S/C23H29N3O5/c1-23(2,3)31-22(29)25-14-20(27)26-19(21(24)28)13-16-9-11-18(12-10-16)30-15-17-7-5-4-6-8-17/h4-12,19H,13-15H2,1-3H3,(H2,24,28)(H,25,29)(H,26,27). The Kier molecular flexibility index (Phi) is 8.43. The molecule has 1 unspecified atom stereocenters. The summed E-state index contributed by atoms with van der Waals surface area (Å²) in [7, 11) is 0. The van der Waals surface area contributed by atoms with E-state index in [4.69, 9.17) is 15.2 Å². The first-order chi connectivity index (χ1) is 14.6. The van der Waals surface area contributed by atoms with Gasteiger partial charge in [-0.15, -0.1) is 0 Å². The first kappa shape index (κ1) is 23.7. The van der Waals surface area contributed by atoms with Crippen molar-refractivity contribution in [2.75, 3.05) is 6.54 Å². The summed E-state index contributed by atoms with van der Waals surface area (Å²) in [6.45, 7) is 5.27. The zero-order chi connectivity index (χ0) is 22.9. The Balaban J connectivity index is 1.84. The lowest BCUT2D eigenvalue weighted by atomic mass is 10.1. The number of amides is 3. The number of primary amides is 1. The number of hydrogen-bond acceptors (Lipinski definition) is 5. The highest BCUT2D eigenvalue weighted by Crippen LogP contribution is 2.15. The average Bonchev–Trinajstić information content (AvgIpc) is 2.70. The van der Waals surface area contributed by atoms with E-state index in [-0.39, 0.29) is 13.0 Å². The third-order valence-electron chi connectivity index (χ3n) is 4.08. The van der Waals surface area contributed by atoms with Crippen molar-refractivity contribution in [1.82, 2.24) is 10.6 Å². The third-order valence-corrected chi connectivity index (χ3v) is 4.08. The third kappa shape index (κ3) is 9.20. The molecule has 2 aromatic rings. The van der Waals surface area contributed by atoms with Crippen molar-refractivity contribution >= 4 is 17.9 Å². The second kappa shape index (κ2) is 11.0. The molecule has 0 aliphatic heterocycles. The van der Waals surface area contributed by atoms with Crippen LogP contribution < -0.4 is 21.1 Å². The Morgan fingerprint density at radius 2 is 1.61 bits per heavy atom. The van der Waals surface area contributed by atoms with Crippen LogP contribution in [0.2, 0.25) is 0 Å². The van der Waals surface area contributed by atoms with Crippen molar-refractivity contribution in [2.45, 2.75) is 45.4 Å². The van der Waals surface area contributed by atoms with Gasteiger partial charge in [0.25, 0.3) is 0 Å². The van der Waals surface area contributed by atoms with Gasteiger partial charge in [0.05, 0.1) is 0 Å². The molecule has 0 aliphatic carbocycles. The highest BCUT2D eigenvalue weighted by molar-refractivity contribution is 5.88. The van der Waals surface area contributed by atoms with Crippen LogP contribution in [0.25, 0.3) is 0 Å². The topological polar surface area (TPSA) is 120 Å². The summed E-state index contributed by atoms with van der Waals surface area (Å²) in [4.78, 5) is 35.5. The summed E-state index contributed by atoms with van der Waals surface area (Å²) in [6, 6.07) is 16.1.